The van der Waals surface area contributed by atoms with Crippen LogP contribution >= 0.6 is 11.6 Å². The van der Waals surface area contributed by atoms with E-state index < -0.39 is 0 Å². The number of hydrogen-bond acceptors (Lipinski definition) is 5. The van der Waals surface area contributed by atoms with E-state index in [-0.39, 0.29) is 11.9 Å². The lowest BCUT2D eigenvalue weighted by molar-refractivity contribution is 0.0939. The zero-order valence-electron chi connectivity index (χ0n) is 16.0. The lowest BCUT2D eigenvalue weighted by Gasteiger charge is -2.14. The maximum Gasteiger partial charge on any atom is 0.254 e. The molecule has 0 spiro atoms. The summed E-state index contributed by atoms with van der Waals surface area (Å²) in [5, 5.41) is 16.1. The van der Waals surface area contributed by atoms with Crippen molar-refractivity contribution in [2.24, 2.45) is 0 Å². The molecule has 2 heterocycles. The second-order valence-electron chi connectivity index (χ2n) is 6.41. The monoisotopic (exact) mass is 399 g/mol. The van der Waals surface area contributed by atoms with E-state index in [0.717, 1.165) is 11.3 Å². The van der Waals surface area contributed by atoms with Crippen molar-refractivity contribution in [1.82, 2.24) is 25.3 Å². The molecule has 0 saturated carbocycles. The third-order valence-corrected chi connectivity index (χ3v) is 4.59. The fourth-order valence-electron chi connectivity index (χ4n) is 2.96. The van der Waals surface area contributed by atoms with Crippen LogP contribution in [0.3, 0.4) is 0 Å². The quantitative estimate of drug-likeness (QED) is 0.659. The Kier molecular flexibility index (Phi) is 6.26. The Balaban J connectivity index is 1.74. The van der Waals surface area contributed by atoms with Crippen LogP contribution in [0, 0.1) is 0 Å². The summed E-state index contributed by atoms with van der Waals surface area (Å²) in [6, 6.07) is 11.0. The Labute approximate surface area is 168 Å². The van der Waals surface area contributed by atoms with Gasteiger partial charge in [0.25, 0.3) is 5.91 Å². The molecule has 3 rings (SSSR count). The number of carbonyl (C=O) groups excluding carboxylic acids is 1. The number of benzene rings is 1. The number of amides is 1. The van der Waals surface area contributed by atoms with Crippen molar-refractivity contribution in [2.45, 2.75) is 32.7 Å². The first-order valence-electron chi connectivity index (χ1n) is 9.02. The second kappa shape index (κ2) is 8.84. The molecule has 7 nitrogen and oxygen atoms in total. The fraction of sp³-hybridized carbons (Fsp3) is 0.300. The number of aromatic nitrogens is 4. The average Bonchev–Trinajstić information content (AvgIpc) is 3.14. The maximum atomic E-state index is 12.8. The summed E-state index contributed by atoms with van der Waals surface area (Å²) < 4.78 is 6.66. The molecule has 146 valence electrons. The molecule has 0 aliphatic carbocycles. The zero-order chi connectivity index (χ0) is 20.1. The second-order valence-corrected chi connectivity index (χ2v) is 6.85. The van der Waals surface area contributed by atoms with Crippen LogP contribution in [0.15, 0.2) is 42.6 Å². The first-order valence-corrected chi connectivity index (χ1v) is 9.40. The molecule has 28 heavy (non-hydrogen) atoms. The lowest BCUT2D eigenvalue weighted by atomic mass is 10.1. The number of rotatable bonds is 7. The number of halogens is 1. The smallest absolute Gasteiger partial charge is 0.254 e. The van der Waals surface area contributed by atoms with Gasteiger partial charge in [0.15, 0.2) is 5.82 Å². The van der Waals surface area contributed by atoms with E-state index in [9.17, 15) is 4.79 Å². The number of carbonyl (C=O) groups is 1. The normalized spacial score (nSPS) is 11.9. The van der Waals surface area contributed by atoms with Crippen LogP contribution in [0.4, 0.5) is 0 Å². The van der Waals surface area contributed by atoms with Crippen LogP contribution in [0.2, 0.25) is 5.02 Å². The molecule has 8 heteroatoms. The van der Waals surface area contributed by atoms with Crippen LogP contribution in [0.25, 0.3) is 5.82 Å². The van der Waals surface area contributed by atoms with E-state index in [2.05, 4.69) is 20.6 Å². The number of nitrogens with zero attached hydrogens (tertiary/aromatic N) is 4. The van der Waals surface area contributed by atoms with Crippen molar-refractivity contribution >= 4 is 17.5 Å². The summed E-state index contributed by atoms with van der Waals surface area (Å²) in [4.78, 5) is 12.8. The molecule has 3 aromatic rings. The van der Waals surface area contributed by atoms with Crippen LogP contribution < -0.4 is 10.1 Å². The van der Waals surface area contributed by atoms with Crippen molar-refractivity contribution in [3.05, 3.63) is 64.4 Å². The Morgan fingerprint density at radius 1 is 1.21 bits per heavy atom. The number of nitrogens with one attached hydrogen (secondary N) is 1. The molecule has 1 atom stereocenters. The molecule has 1 N–H and O–H groups in total. The Morgan fingerprint density at radius 3 is 2.57 bits per heavy atom. The molecule has 0 aliphatic rings. The Hall–Kier alpha value is -2.93. The first kappa shape index (κ1) is 19.8. The highest BCUT2D eigenvalue weighted by Crippen LogP contribution is 2.16. The standard InChI is InChI=1S/C20H22ClN5O2/c1-4-17-16(12-22-26(17)18-9-10-19(28-3)25-24-18)20(27)23-13(2)11-14-5-7-15(21)8-6-14/h5-10,12-13H,4,11H2,1-3H3,(H,23,27). The van der Waals surface area contributed by atoms with Gasteiger partial charge in [-0.2, -0.15) is 5.10 Å². The third-order valence-electron chi connectivity index (χ3n) is 4.33. The molecule has 0 bridgehead atoms. The van der Waals surface area contributed by atoms with E-state index in [4.69, 9.17) is 16.3 Å². The van der Waals surface area contributed by atoms with Crippen molar-refractivity contribution in [3.8, 4) is 11.7 Å². The summed E-state index contributed by atoms with van der Waals surface area (Å²) in [7, 11) is 1.53. The van der Waals surface area contributed by atoms with Crippen LogP contribution in [-0.4, -0.2) is 39.0 Å². The molecule has 1 unspecified atom stereocenters. The SMILES string of the molecule is CCc1c(C(=O)NC(C)Cc2ccc(Cl)cc2)cnn1-c1ccc(OC)nn1. The summed E-state index contributed by atoms with van der Waals surface area (Å²) in [6.07, 6.45) is 2.90. The summed E-state index contributed by atoms with van der Waals surface area (Å²) in [6.45, 7) is 3.94. The summed E-state index contributed by atoms with van der Waals surface area (Å²) >= 11 is 5.92. The van der Waals surface area contributed by atoms with E-state index in [1.165, 1.54) is 7.11 Å². The fourth-order valence-corrected chi connectivity index (χ4v) is 3.09. The van der Waals surface area contributed by atoms with Crippen molar-refractivity contribution < 1.29 is 9.53 Å². The van der Waals surface area contributed by atoms with Gasteiger partial charge in [-0.1, -0.05) is 30.7 Å². The predicted molar refractivity (Wildman–Crippen MR) is 107 cm³/mol. The first-order chi connectivity index (χ1) is 13.5. The Bertz CT molecular complexity index is 938. The summed E-state index contributed by atoms with van der Waals surface area (Å²) in [5.41, 5.74) is 2.41. The highest BCUT2D eigenvalue weighted by atomic mass is 35.5. The van der Waals surface area contributed by atoms with E-state index in [1.54, 1.807) is 23.0 Å². The van der Waals surface area contributed by atoms with E-state index in [0.29, 0.717) is 35.1 Å². The molecule has 2 aromatic heterocycles. The Morgan fingerprint density at radius 2 is 1.96 bits per heavy atom. The van der Waals surface area contributed by atoms with Crippen LogP contribution in [0.5, 0.6) is 5.88 Å². The van der Waals surface area contributed by atoms with Gasteiger partial charge in [0.1, 0.15) is 0 Å². The molecule has 0 saturated heterocycles. The van der Waals surface area contributed by atoms with Gasteiger partial charge >= 0.3 is 0 Å². The molecular weight excluding hydrogens is 378 g/mol. The van der Waals surface area contributed by atoms with Crippen molar-refractivity contribution in [2.75, 3.05) is 7.11 Å². The molecule has 1 aromatic carbocycles. The topological polar surface area (TPSA) is 81.9 Å². The molecule has 0 fully saturated rings. The number of hydrogen-bond donors (Lipinski definition) is 1. The predicted octanol–water partition coefficient (Wildman–Crippen LogP) is 3.25. The molecule has 0 radical (unpaired) electrons. The van der Waals surface area contributed by atoms with Gasteiger partial charge in [0, 0.05) is 17.1 Å². The van der Waals surface area contributed by atoms with Gasteiger partial charge in [-0.3, -0.25) is 4.79 Å². The largest absolute Gasteiger partial charge is 0.480 e. The van der Waals surface area contributed by atoms with Gasteiger partial charge in [-0.05, 0) is 43.5 Å². The van der Waals surface area contributed by atoms with Gasteiger partial charge in [-0.25, -0.2) is 4.68 Å². The highest BCUT2D eigenvalue weighted by molar-refractivity contribution is 6.30. The zero-order valence-corrected chi connectivity index (χ0v) is 16.8. The highest BCUT2D eigenvalue weighted by Gasteiger charge is 2.19. The van der Waals surface area contributed by atoms with Gasteiger partial charge in [-0.15, -0.1) is 10.2 Å². The minimum atomic E-state index is -0.161. The van der Waals surface area contributed by atoms with Gasteiger partial charge < -0.3 is 10.1 Å². The maximum absolute atomic E-state index is 12.8. The van der Waals surface area contributed by atoms with Crippen molar-refractivity contribution in [3.63, 3.8) is 0 Å². The van der Waals surface area contributed by atoms with Crippen LogP contribution in [0.1, 0.15) is 35.5 Å². The molecular formula is C20H22ClN5O2. The number of methoxy groups -OCH3 is 1. The van der Waals surface area contributed by atoms with Crippen LogP contribution in [-0.2, 0) is 12.8 Å². The van der Waals surface area contributed by atoms with Gasteiger partial charge in [0.05, 0.1) is 24.6 Å². The minimum Gasteiger partial charge on any atom is -0.480 e. The average molecular weight is 400 g/mol. The molecule has 0 aliphatic heterocycles. The summed E-state index contributed by atoms with van der Waals surface area (Å²) in [5.74, 6) is 0.792. The molecule has 1 amide bonds. The van der Waals surface area contributed by atoms with E-state index in [1.807, 2.05) is 38.1 Å². The number of ether oxygens (including phenoxy) is 1. The van der Waals surface area contributed by atoms with Crippen molar-refractivity contribution in [1.29, 1.82) is 0 Å². The minimum absolute atomic E-state index is 0.0393. The lowest BCUT2D eigenvalue weighted by Crippen LogP contribution is -2.34. The van der Waals surface area contributed by atoms with Gasteiger partial charge in [0.2, 0.25) is 5.88 Å². The third kappa shape index (κ3) is 4.48. The van der Waals surface area contributed by atoms with E-state index >= 15 is 0 Å².